The van der Waals surface area contributed by atoms with Crippen LogP contribution in [0.1, 0.15) is 22.9 Å². The van der Waals surface area contributed by atoms with Crippen LogP contribution in [0.2, 0.25) is 0 Å². The third kappa shape index (κ3) is 3.33. The van der Waals surface area contributed by atoms with Gasteiger partial charge in [-0.1, -0.05) is 60.7 Å². The number of rotatable bonds is 7. The van der Waals surface area contributed by atoms with E-state index < -0.39 is 36.2 Å². The molecule has 2 N–H and O–H groups in total. The highest BCUT2D eigenvalue weighted by atomic mass is 19.1. The molecule has 5 atom stereocenters. The molecule has 0 spiro atoms. The summed E-state index contributed by atoms with van der Waals surface area (Å²) in [5.41, 5.74) is 6.65. The zero-order valence-electron chi connectivity index (χ0n) is 17.9. The molecule has 1 aliphatic carbocycles. The second-order valence-electron chi connectivity index (χ2n) is 8.41. The SMILES string of the molecule is Nc1nc(F)nn2c(C3OC4C(OCc5ccccc5)C4(OCc4ccccc4)C3F)cnc12. The van der Waals surface area contributed by atoms with E-state index in [0.717, 1.165) is 15.6 Å². The van der Waals surface area contributed by atoms with Crippen LogP contribution in [0.25, 0.3) is 5.65 Å². The summed E-state index contributed by atoms with van der Waals surface area (Å²) in [7, 11) is 0. The first-order valence-electron chi connectivity index (χ1n) is 10.9. The second kappa shape index (κ2) is 8.08. The molecule has 6 rings (SSSR count). The second-order valence-corrected chi connectivity index (χ2v) is 8.41. The van der Waals surface area contributed by atoms with Gasteiger partial charge in [-0.3, -0.25) is 0 Å². The molecule has 8 nitrogen and oxygen atoms in total. The van der Waals surface area contributed by atoms with E-state index in [2.05, 4.69) is 15.1 Å². The molecule has 0 radical (unpaired) electrons. The number of hydrogen-bond acceptors (Lipinski definition) is 7. The Kier molecular flexibility index (Phi) is 5.01. The lowest BCUT2D eigenvalue weighted by atomic mass is 10.1. The number of benzene rings is 2. The molecule has 5 unspecified atom stereocenters. The van der Waals surface area contributed by atoms with Crippen LogP contribution in [0, 0.1) is 6.08 Å². The molecule has 4 aromatic rings. The molecule has 174 valence electrons. The quantitative estimate of drug-likeness (QED) is 0.448. The van der Waals surface area contributed by atoms with Crippen molar-refractivity contribution in [1.29, 1.82) is 0 Å². The third-order valence-electron chi connectivity index (χ3n) is 6.33. The van der Waals surface area contributed by atoms with Gasteiger partial charge in [0.1, 0.15) is 18.3 Å². The maximum absolute atomic E-state index is 16.1. The number of halogens is 2. The topological polar surface area (TPSA) is 96.8 Å². The van der Waals surface area contributed by atoms with E-state index in [1.54, 1.807) is 0 Å². The van der Waals surface area contributed by atoms with Gasteiger partial charge in [0.2, 0.25) is 0 Å². The minimum atomic E-state index is -1.61. The van der Waals surface area contributed by atoms with Gasteiger partial charge in [0.05, 0.1) is 25.1 Å². The zero-order valence-corrected chi connectivity index (χ0v) is 17.9. The summed E-state index contributed by atoms with van der Waals surface area (Å²) in [4.78, 5) is 7.58. The summed E-state index contributed by atoms with van der Waals surface area (Å²) in [5, 5.41) is 3.70. The Bertz CT molecular complexity index is 1320. The lowest BCUT2D eigenvalue weighted by molar-refractivity contribution is -0.0910. The van der Waals surface area contributed by atoms with E-state index in [0.29, 0.717) is 6.61 Å². The van der Waals surface area contributed by atoms with Crippen molar-refractivity contribution in [3.63, 3.8) is 0 Å². The number of aromatic nitrogens is 4. The Hall–Kier alpha value is -3.47. The van der Waals surface area contributed by atoms with Gasteiger partial charge in [-0.05, 0) is 11.1 Å². The van der Waals surface area contributed by atoms with Gasteiger partial charge in [-0.2, -0.15) is 9.37 Å². The molecular weight excluding hydrogens is 444 g/mol. The van der Waals surface area contributed by atoms with E-state index in [1.807, 2.05) is 60.7 Å². The van der Waals surface area contributed by atoms with Crippen LogP contribution >= 0.6 is 0 Å². The lowest BCUT2D eigenvalue weighted by Crippen LogP contribution is -2.35. The molecule has 10 heteroatoms. The first kappa shape index (κ1) is 21.1. The molecule has 3 heterocycles. The highest BCUT2D eigenvalue weighted by molar-refractivity contribution is 5.59. The number of fused-ring (bicyclic) bond motifs is 2. The van der Waals surface area contributed by atoms with Crippen molar-refractivity contribution in [3.8, 4) is 0 Å². The molecule has 2 aromatic carbocycles. The summed E-state index contributed by atoms with van der Waals surface area (Å²) >= 11 is 0. The van der Waals surface area contributed by atoms with Crippen molar-refractivity contribution in [2.24, 2.45) is 0 Å². The Labute approximate surface area is 193 Å². The first-order valence-corrected chi connectivity index (χ1v) is 10.9. The van der Waals surface area contributed by atoms with Crippen LogP contribution in [0.5, 0.6) is 0 Å². The van der Waals surface area contributed by atoms with Crippen LogP contribution < -0.4 is 5.73 Å². The maximum Gasteiger partial charge on any atom is 0.328 e. The highest BCUT2D eigenvalue weighted by Gasteiger charge is 2.80. The predicted octanol–water partition coefficient (Wildman–Crippen LogP) is 3.18. The minimum absolute atomic E-state index is 0.129. The molecule has 1 aliphatic heterocycles. The van der Waals surface area contributed by atoms with Gasteiger partial charge in [0.25, 0.3) is 0 Å². The fourth-order valence-electron chi connectivity index (χ4n) is 4.59. The van der Waals surface area contributed by atoms with Crippen LogP contribution in [0.4, 0.5) is 14.6 Å². The Balaban J connectivity index is 1.28. The van der Waals surface area contributed by atoms with E-state index in [1.165, 1.54) is 6.20 Å². The number of nitrogens with zero attached hydrogens (tertiary/aromatic N) is 4. The molecule has 1 saturated carbocycles. The van der Waals surface area contributed by atoms with Gasteiger partial charge in [-0.15, -0.1) is 5.10 Å². The van der Waals surface area contributed by atoms with Gasteiger partial charge >= 0.3 is 6.08 Å². The fraction of sp³-hybridized carbons (Fsp3) is 0.292. The van der Waals surface area contributed by atoms with E-state index >= 15 is 4.39 Å². The predicted molar refractivity (Wildman–Crippen MR) is 117 cm³/mol. The van der Waals surface area contributed by atoms with Gasteiger partial charge in [0, 0.05) is 0 Å². The molecule has 1 saturated heterocycles. The largest absolute Gasteiger partial charge is 0.380 e. The van der Waals surface area contributed by atoms with E-state index in [4.69, 9.17) is 19.9 Å². The number of nitrogen functional groups attached to an aromatic ring is 1. The monoisotopic (exact) mass is 465 g/mol. The average molecular weight is 465 g/mol. The van der Waals surface area contributed by atoms with E-state index in [-0.39, 0.29) is 23.8 Å². The molecule has 34 heavy (non-hydrogen) atoms. The summed E-state index contributed by atoms with van der Waals surface area (Å²) in [6, 6.07) is 19.1. The smallest absolute Gasteiger partial charge is 0.328 e. The van der Waals surface area contributed by atoms with Gasteiger partial charge < -0.3 is 19.9 Å². The number of hydrogen-bond donors (Lipinski definition) is 1. The van der Waals surface area contributed by atoms with Gasteiger partial charge in [0.15, 0.2) is 23.2 Å². The van der Waals surface area contributed by atoms with Crippen LogP contribution in [-0.2, 0) is 27.4 Å². The first-order chi connectivity index (χ1) is 16.6. The van der Waals surface area contributed by atoms with Crippen molar-refractivity contribution in [3.05, 3.63) is 89.8 Å². The standard InChI is InChI=1S/C24H21F2N5O3/c25-18-17(16-11-28-22-21(27)29-23(26)30-31(16)22)34-20-19(32-12-14-7-3-1-4-8-14)24(18,20)33-13-15-9-5-2-6-10-15/h1-11,17-20H,12-13H2,(H2,27,29,30). The number of ether oxygens (including phenoxy) is 3. The highest BCUT2D eigenvalue weighted by Crippen LogP contribution is 2.60. The van der Waals surface area contributed by atoms with Crippen LogP contribution in [0.3, 0.4) is 0 Å². The molecule has 0 amide bonds. The van der Waals surface area contributed by atoms with Crippen LogP contribution in [0.15, 0.2) is 66.9 Å². The number of nitrogens with two attached hydrogens (primary N) is 1. The molecular formula is C24H21F2N5O3. The number of imidazole rings is 1. The Morgan fingerprint density at radius 2 is 1.71 bits per heavy atom. The van der Waals surface area contributed by atoms with Crippen molar-refractivity contribution >= 4 is 11.5 Å². The van der Waals surface area contributed by atoms with Crippen LogP contribution in [-0.4, -0.2) is 43.6 Å². The van der Waals surface area contributed by atoms with Crippen molar-refractivity contribution in [2.45, 2.75) is 43.3 Å². The molecule has 2 aliphatic rings. The van der Waals surface area contributed by atoms with Crippen molar-refractivity contribution in [1.82, 2.24) is 19.6 Å². The van der Waals surface area contributed by atoms with E-state index in [9.17, 15) is 4.39 Å². The average Bonchev–Trinajstić information content (AvgIpc) is 3.08. The normalized spacial score (nSPS) is 27.7. The molecule has 2 aromatic heterocycles. The van der Waals surface area contributed by atoms with Gasteiger partial charge in [-0.25, -0.2) is 13.9 Å². The van der Waals surface area contributed by atoms with Crippen molar-refractivity contribution in [2.75, 3.05) is 5.73 Å². The number of alkyl halides is 1. The molecule has 0 bridgehead atoms. The number of anilines is 1. The third-order valence-corrected chi connectivity index (χ3v) is 6.33. The zero-order chi connectivity index (χ0) is 23.3. The van der Waals surface area contributed by atoms with Crippen molar-refractivity contribution < 1.29 is 23.0 Å². The fourth-order valence-corrected chi connectivity index (χ4v) is 4.59. The minimum Gasteiger partial charge on any atom is -0.380 e. The summed E-state index contributed by atoms with van der Waals surface area (Å²) < 4.78 is 49.3. The Morgan fingerprint density at radius 3 is 2.41 bits per heavy atom. The summed E-state index contributed by atoms with van der Waals surface area (Å²) in [6.45, 7) is 0.486. The summed E-state index contributed by atoms with van der Waals surface area (Å²) in [5.74, 6) is -0.142. The Morgan fingerprint density at radius 1 is 1.03 bits per heavy atom. The lowest BCUT2D eigenvalue weighted by Gasteiger charge is -2.23. The maximum atomic E-state index is 16.1. The summed E-state index contributed by atoms with van der Waals surface area (Å²) in [6.07, 6.45) is -3.61. The molecule has 2 fully saturated rings.